The van der Waals surface area contributed by atoms with E-state index in [0.717, 1.165) is 64.5 Å². The van der Waals surface area contributed by atoms with Crippen molar-refractivity contribution >= 4 is 5.82 Å². The van der Waals surface area contributed by atoms with E-state index >= 15 is 0 Å². The molecule has 1 aromatic rings. The third-order valence-corrected chi connectivity index (χ3v) is 4.89. The van der Waals surface area contributed by atoms with Gasteiger partial charge in [0, 0.05) is 64.2 Å². The number of anilines is 1. The Bertz CT molecular complexity index is 544. The number of piperazine rings is 1. The van der Waals surface area contributed by atoms with Crippen molar-refractivity contribution in [2.75, 3.05) is 57.3 Å². The summed E-state index contributed by atoms with van der Waals surface area (Å²) >= 11 is 0. The monoisotopic (exact) mass is 316 g/mol. The predicted octanol–water partition coefficient (Wildman–Crippen LogP) is -0.0730. The number of hydrogen-bond acceptors (Lipinski definition) is 7. The highest BCUT2D eigenvalue weighted by Crippen LogP contribution is 2.23. The summed E-state index contributed by atoms with van der Waals surface area (Å²) in [6, 6.07) is 2.75. The molecule has 2 aliphatic heterocycles. The Morgan fingerprint density at radius 2 is 1.78 bits per heavy atom. The van der Waals surface area contributed by atoms with Gasteiger partial charge in [-0.1, -0.05) is 0 Å². The van der Waals surface area contributed by atoms with Gasteiger partial charge < -0.3 is 10.0 Å². The molecule has 7 heteroatoms. The molecule has 0 atom stereocenters. The topological polar surface area (TPSA) is 79.5 Å². The number of nitriles is 1. The normalized spacial score (nSPS) is 21.3. The lowest BCUT2D eigenvalue weighted by Gasteiger charge is -2.43. The van der Waals surface area contributed by atoms with Crippen molar-refractivity contribution in [2.24, 2.45) is 0 Å². The van der Waals surface area contributed by atoms with Gasteiger partial charge in [-0.15, -0.1) is 0 Å². The standard InChI is InChI=1S/C16H24N6O/c17-13-15-16(19-4-3-18-15)22-5-1-14(2-6-22)21-9-7-20(8-10-21)11-12-23/h3-4,14,23H,1-2,5-12H2. The Morgan fingerprint density at radius 1 is 1.09 bits per heavy atom. The van der Waals surface area contributed by atoms with Crippen LogP contribution < -0.4 is 4.90 Å². The number of piperidine rings is 1. The molecule has 23 heavy (non-hydrogen) atoms. The average Bonchev–Trinajstić information content (AvgIpc) is 2.63. The van der Waals surface area contributed by atoms with E-state index in [-0.39, 0.29) is 6.61 Å². The molecule has 2 fully saturated rings. The SMILES string of the molecule is N#Cc1nccnc1N1CCC(N2CCN(CCO)CC2)CC1. The molecule has 3 heterocycles. The first kappa shape index (κ1) is 16.1. The van der Waals surface area contributed by atoms with E-state index in [2.05, 4.69) is 30.7 Å². The molecule has 0 bridgehead atoms. The summed E-state index contributed by atoms with van der Waals surface area (Å²) in [6.07, 6.45) is 5.42. The zero-order valence-electron chi connectivity index (χ0n) is 13.4. The van der Waals surface area contributed by atoms with Gasteiger partial charge in [-0.3, -0.25) is 9.80 Å². The lowest BCUT2D eigenvalue weighted by Crippen LogP contribution is -2.53. The van der Waals surface area contributed by atoms with E-state index in [1.54, 1.807) is 12.4 Å². The molecule has 7 nitrogen and oxygen atoms in total. The molecule has 1 aromatic heterocycles. The quantitative estimate of drug-likeness (QED) is 0.832. The molecule has 2 aliphatic rings. The fourth-order valence-electron chi connectivity index (χ4n) is 3.58. The van der Waals surface area contributed by atoms with Gasteiger partial charge in [0.2, 0.25) is 0 Å². The van der Waals surface area contributed by atoms with Gasteiger partial charge >= 0.3 is 0 Å². The molecule has 3 rings (SSSR count). The van der Waals surface area contributed by atoms with E-state index < -0.39 is 0 Å². The zero-order valence-corrected chi connectivity index (χ0v) is 13.4. The van der Waals surface area contributed by atoms with Crippen molar-refractivity contribution < 1.29 is 5.11 Å². The van der Waals surface area contributed by atoms with Gasteiger partial charge in [0.15, 0.2) is 11.5 Å². The molecular formula is C16H24N6O. The Morgan fingerprint density at radius 3 is 2.43 bits per heavy atom. The van der Waals surface area contributed by atoms with Crippen molar-refractivity contribution in [3.63, 3.8) is 0 Å². The van der Waals surface area contributed by atoms with E-state index in [4.69, 9.17) is 10.4 Å². The third kappa shape index (κ3) is 3.78. The minimum atomic E-state index is 0.248. The largest absolute Gasteiger partial charge is 0.395 e. The van der Waals surface area contributed by atoms with Crippen LogP contribution in [0.15, 0.2) is 12.4 Å². The number of rotatable bonds is 4. The van der Waals surface area contributed by atoms with E-state index in [0.29, 0.717) is 11.7 Å². The lowest BCUT2D eigenvalue weighted by atomic mass is 10.0. The van der Waals surface area contributed by atoms with Crippen LogP contribution in [0.2, 0.25) is 0 Å². The van der Waals surface area contributed by atoms with Crippen LogP contribution in [0.5, 0.6) is 0 Å². The Balaban J connectivity index is 1.52. The maximum atomic E-state index is 9.16. The number of hydrogen-bond donors (Lipinski definition) is 1. The molecular weight excluding hydrogens is 292 g/mol. The number of aromatic nitrogens is 2. The second-order valence-corrected chi connectivity index (χ2v) is 6.16. The van der Waals surface area contributed by atoms with Crippen LogP contribution in [-0.4, -0.2) is 83.3 Å². The first-order valence-corrected chi connectivity index (χ1v) is 8.35. The predicted molar refractivity (Wildman–Crippen MR) is 87.1 cm³/mol. The summed E-state index contributed by atoms with van der Waals surface area (Å²) in [5, 5.41) is 18.2. The van der Waals surface area contributed by atoms with Crippen LogP contribution >= 0.6 is 0 Å². The van der Waals surface area contributed by atoms with Crippen LogP contribution in [0.25, 0.3) is 0 Å². The Hall–Kier alpha value is -1.75. The van der Waals surface area contributed by atoms with Gasteiger partial charge in [-0.2, -0.15) is 5.26 Å². The minimum absolute atomic E-state index is 0.248. The lowest BCUT2D eigenvalue weighted by molar-refractivity contribution is 0.0746. The molecule has 0 aromatic carbocycles. The summed E-state index contributed by atoms with van der Waals surface area (Å²) in [5.41, 5.74) is 0.420. The molecule has 0 aliphatic carbocycles. The number of β-amino-alcohol motifs (C(OH)–C–C–N with tert-alkyl or cyclic N) is 1. The highest BCUT2D eigenvalue weighted by atomic mass is 16.3. The molecule has 0 amide bonds. The Labute approximate surface area is 137 Å². The fraction of sp³-hybridized carbons (Fsp3) is 0.688. The van der Waals surface area contributed by atoms with Gasteiger partial charge in [0.1, 0.15) is 6.07 Å². The fourth-order valence-corrected chi connectivity index (χ4v) is 3.58. The van der Waals surface area contributed by atoms with Gasteiger partial charge in [0.05, 0.1) is 6.61 Å². The highest BCUT2D eigenvalue weighted by Gasteiger charge is 2.28. The smallest absolute Gasteiger partial charge is 0.183 e. The van der Waals surface area contributed by atoms with Crippen LogP contribution in [0.3, 0.4) is 0 Å². The van der Waals surface area contributed by atoms with Crippen molar-refractivity contribution in [1.82, 2.24) is 19.8 Å². The molecule has 0 radical (unpaired) electrons. The summed E-state index contributed by atoms with van der Waals surface area (Å²) in [5.74, 6) is 0.723. The van der Waals surface area contributed by atoms with Gasteiger partial charge in [-0.25, -0.2) is 9.97 Å². The molecule has 0 unspecified atom stereocenters. The van der Waals surface area contributed by atoms with E-state index in [1.165, 1.54) is 0 Å². The molecule has 0 spiro atoms. The third-order valence-electron chi connectivity index (χ3n) is 4.89. The van der Waals surface area contributed by atoms with E-state index in [9.17, 15) is 0 Å². The number of nitrogens with zero attached hydrogens (tertiary/aromatic N) is 6. The molecule has 0 saturated carbocycles. The van der Waals surface area contributed by atoms with Crippen molar-refractivity contribution in [1.29, 1.82) is 5.26 Å². The van der Waals surface area contributed by atoms with Gasteiger partial charge in [-0.05, 0) is 12.8 Å². The van der Waals surface area contributed by atoms with Crippen LogP contribution in [0.1, 0.15) is 18.5 Å². The van der Waals surface area contributed by atoms with Crippen molar-refractivity contribution in [2.45, 2.75) is 18.9 Å². The summed E-state index contributed by atoms with van der Waals surface area (Å²) in [7, 11) is 0. The molecule has 1 N–H and O–H groups in total. The van der Waals surface area contributed by atoms with Gasteiger partial charge in [0.25, 0.3) is 0 Å². The van der Waals surface area contributed by atoms with Crippen molar-refractivity contribution in [3.05, 3.63) is 18.1 Å². The van der Waals surface area contributed by atoms with Crippen LogP contribution in [-0.2, 0) is 0 Å². The maximum Gasteiger partial charge on any atom is 0.183 e. The number of aliphatic hydroxyl groups excluding tert-OH is 1. The average molecular weight is 316 g/mol. The summed E-state index contributed by atoms with van der Waals surface area (Å²) in [6.45, 7) is 7.14. The van der Waals surface area contributed by atoms with Crippen LogP contribution in [0.4, 0.5) is 5.82 Å². The first-order chi connectivity index (χ1) is 11.3. The first-order valence-electron chi connectivity index (χ1n) is 8.35. The van der Waals surface area contributed by atoms with E-state index in [1.807, 2.05) is 0 Å². The van der Waals surface area contributed by atoms with Crippen LogP contribution in [0, 0.1) is 11.3 Å². The molecule has 124 valence electrons. The second-order valence-electron chi connectivity index (χ2n) is 6.16. The minimum Gasteiger partial charge on any atom is -0.395 e. The second kappa shape index (κ2) is 7.68. The summed E-state index contributed by atoms with van der Waals surface area (Å²) < 4.78 is 0. The number of aliphatic hydroxyl groups is 1. The zero-order chi connectivity index (χ0) is 16.1. The molecule has 2 saturated heterocycles. The maximum absolute atomic E-state index is 9.16. The van der Waals surface area contributed by atoms with Crippen molar-refractivity contribution in [3.8, 4) is 6.07 Å². The Kier molecular flexibility index (Phi) is 5.39. The summed E-state index contributed by atoms with van der Waals surface area (Å²) in [4.78, 5) is 15.5. The highest BCUT2D eigenvalue weighted by molar-refractivity contribution is 5.49.